The van der Waals surface area contributed by atoms with Gasteiger partial charge in [0.25, 0.3) is 0 Å². The lowest BCUT2D eigenvalue weighted by atomic mass is 10.1. The molecule has 1 saturated heterocycles. The van der Waals surface area contributed by atoms with E-state index in [-0.39, 0.29) is 11.7 Å². The lowest BCUT2D eigenvalue weighted by Crippen LogP contribution is -2.25. The van der Waals surface area contributed by atoms with Gasteiger partial charge in [0.2, 0.25) is 0 Å². The molecule has 96 valence electrons. The Hall–Kier alpha value is -1.07. The van der Waals surface area contributed by atoms with Gasteiger partial charge in [0.05, 0.1) is 28.2 Å². The van der Waals surface area contributed by atoms with Crippen molar-refractivity contribution in [2.24, 2.45) is 0 Å². The maximum atomic E-state index is 11.7. The molecule has 1 fully saturated rings. The van der Waals surface area contributed by atoms with Crippen molar-refractivity contribution in [1.29, 1.82) is 0 Å². The van der Waals surface area contributed by atoms with E-state index in [0.29, 0.717) is 17.2 Å². The molecule has 3 heterocycles. The van der Waals surface area contributed by atoms with Crippen LogP contribution >= 0.6 is 11.6 Å². The quantitative estimate of drug-likeness (QED) is 0.807. The van der Waals surface area contributed by atoms with Gasteiger partial charge in [0, 0.05) is 12.1 Å². The summed E-state index contributed by atoms with van der Waals surface area (Å²) in [4.78, 5) is 4.37. The molecular formula is C12H13ClN2O2S. The molecule has 0 amide bonds. The summed E-state index contributed by atoms with van der Waals surface area (Å²) in [7, 11) is -2.92. The smallest absolute Gasteiger partial charge is 0.151 e. The van der Waals surface area contributed by atoms with Crippen LogP contribution in [-0.2, 0) is 9.84 Å². The zero-order chi connectivity index (χ0) is 12.8. The molecule has 3 rings (SSSR count). The highest BCUT2D eigenvalue weighted by Gasteiger charge is 2.28. The molecule has 0 radical (unpaired) electrons. The summed E-state index contributed by atoms with van der Waals surface area (Å²) in [6.45, 7) is 0. The maximum Gasteiger partial charge on any atom is 0.151 e. The summed E-state index contributed by atoms with van der Waals surface area (Å²) in [5, 5.41) is 0.625. The fourth-order valence-corrected chi connectivity index (χ4v) is 4.38. The molecule has 2 aromatic rings. The number of sulfone groups is 1. The fourth-order valence-electron chi connectivity index (χ4n) is 2.51. The second kappa shape index (κ2) is 4.24. The molecular weight excluding hydrogens is 272 g/mol. The molecule has 0 saturated carbocycles. The van der Waals surface area contributed by atoms with E-state index in [4.69, 9.17) is 11.6 Å². The second-order valence-corrected chi connectivity index (χ2v) is 7.38. The summed E-state index contributed by atoms with van der Waals surface area (Å²) >= 11 is 5.98. The van der Waals surface area contributed by atoms with Crippen molar-refractivity contribution in [2.45, 2.75) is 18.8 Å². The van der Waals surface area contributed by atoms with Gasteiger partial charge in [0.1, 0.15) is 5.82 Å². The number of pyridine rings is 1. The van der Waals surface area contributed by atoms with Crippen LogP contribution in [0.2, 0.25) is 5.02 Å². The molecule has 1 aliphatic rings. The van der Waals surface area contributed by atoms with E-state index in [1.165, 1.54) is 0 Å². The minimum absolute atomic E-state index is 0.0234. The average Bonchev–Trinajstić information content (AvgIpc) is 2.70. The molecule has 6 heteroatoms. The van der Waals surface area contributed by atoms with Crippen molar-refractivity contribution in [3.63, 3.8) is 0 Å². The first-order valence-corrected chi connectivity index (χ1v) is 8.08. The van der Waals surface area contributed by atoms with E-state index in [2.05, 4.69) is 4.98 Å². The fraction of sp³-hybridized carbons (Fsp3) is 0.417. The second-order valence-electron chi connectivity index (χ2n) is 4.71. The van der Waals surface area contributed by atoms with Crippen LogP contribution in [0.4, 0.5) is 0 Å². The van der Waals surface area contributed by atoms with Gasteiger partial charge in [0.15, 0.2) is 9.84 Å². The SMILES string of the molecule is O=S1(=O)CCCC(c2ncc3ccc(Cl)cn23)C1. The highest BCUT2D eigenvalue weighted by atomic mass is 35.5. The highest BCUT2D eigenvalue weighted by Crippen LogP contribution is 2.28. The maximum absolute atomic E-state index is 11.7. The van der Waals surface area contributed by atoms with E-state index >= 15 is 0 Å². The van der Waals surface area contributed by atoms with Crippen molar-refractivity contribution >= 4 is 27.0 Å². The number of halogens is 1. The Balaban J connectivity index is 2.06. The Morgan fingerprint density at radius 3 is 3.00 bits per heavy atom. The predicted molar refractivity (Wildman–Crippen MR) is 70.8 cm³/mol. The Kier molecular flexibility index (Phi) is 2.83. The zero-order valence-corrected chi connectivity index (χ0v) is 11.3. The molecule has 1 atom stereocenters. The standard InChI is InChI=1S/C12H13ClN2O2S/c13-10-3-4-11-6-14-12(15(11)7-10)9-2-1-5-18(16,17)8-9/h3-4,6-7,9H,1-2,5,8H2. The van der Waals surface area contributed by atoms with E-state index in [1.807, 2.05) is 10.5 Å². The Morgan fingerprint density at radius 1 is 1.39 bits per heavy atom. The molecule has 0 N–H and O–H groups in total. The van der Waals surface area contributed by atoms with Crippen molar-refractivity contribution in [2.75, 3.05) is 11.5 Å². The summed E-state index contributed by atoms with van der Waals surface area (Å²) in [5.74, 6) is 1.27. The molecule has 18 heavy (non-hydrogen) atoms. The van der Waals surface area contributed by atoms with Crippen LogP contribution in [0.15, 0.2) is 24.5 Å². The van der Waals surface area contributed by atoms with Crippen LogP contribution in [0.5, 0.6) is 0 Å². The number of nitrogens with zero attached hydrogens (tertiary/aromatic N) is 2. The minimum Gasteiger partial charge on any atom is -0.302 e. The van der Waals surface area contributed by atoms with Crippen molar-refractivity contribution in [1.82, 2.24) is 9.38 Å². The van der Waals surface area contributed by atoms with Gasteiger partial charge in [-0.2, -0.15) is 0 Å². The Morgan fingerprint density at radius 2 is 2.22 bits per heavy atom. The van der Waals surface area contributed by atoms with Gasteiger partial charge < -0.3 is 4.40 Å². The predicted octanol–water partition coefficient (Wildman–Crippen LogP) is 2.28. The van der Waals surface area contributed by atoms with Crippen molar-refractivity contribution < 1.29 is 8.42 Å². The number of fused-ring (bicyclic) bond motifs is 1. The van der Waals surface area contributed by atoms with Gasteiger partial charge in [-0.1, -0.05) is 11.6 Å². The van der Waals surface area contributed by atoms with Crippen LogP contribution in [0.1, 0.15) is 24.6 Å². The molecule has 1 aliphatic heterocycles. The van der Waals surface area contributed by atoms with E-state index in [9.17, 15) is 8.42 Å². The summed E-state index contributed by atoms with van der Waals surface area (Å²) in [6.07, 6.45) is 5.13. The van der Waals surface area contributed by atoms with E-state index in [1.54, 1.807) is 18.5 Å². The minimum atomic E-state index is -2.92. The molecule has 0 bridgehead atoms. The third kappa shape index (κ3) is 2.12. The molecule has 0 aliphatic carbocycles. The first kappa shape index (κ1) is 12.0. The lowest BCUT2D eigenvalue weighted by Gasteiger charge is -2.20. The van der Waals surface area contributed by atoms with Gasteiger partial charge in [-0.15, -0.1) is 0 Å². The first-order chi connectivity index (χ1) is 8.55. The molecule has 1 unspecified atom stereocenters. The van der Waals surface area contributed by atoms with Crippen LogP contribution in [0.25, 0.3) is 5.52 Å². The van der Waals surface area contributed by atoms with Crippen LogP contribution in [0.3, 0.4) is 0 Å². The molecule has 0 spiro atoms. The first-order valence-electron chi connectivity index (χ1n) is 5.88. The normalized spacial score (nSPS) is 23.3. The van der Waals surface area contributed by atoms with Crippen molar-refractivity contribution in [3.05, 3.63) is 35.4 Å². The summed E-state index contributed by atoms with van der Waals surface area (Å²) in [6, 6.07) is 3.69. The topological polar surface area (TPSA) is 51.4 Å². The Labute approximate surface area is 111 Å². The van der Waals surface area contributed by atoms with Gasteiger partial charge in [-0.05, 0) is 25.0 Å². The highest BCUT2D eigenvalue weighted by molar-refractivity contribution is 7.91. The monoisotopic (exact) mass is 284 g/mol. The lowest BCUT2D eigenvalue weighted by molar-refractivity contribution is 0.543. The number of aromatic nitrogens is 2. The van der Waals surface area contributed by atoms with Gasteiger partial charge in [-0.3, -0.25) is 0 Å². The van der Waals surface area contributed by atoms with Crippen LogP contribution in [-0.4, -0.2) is 29.3 Å². The van der Waals surface area contributed by atoms with Gasteiger partial charge in [-0.25, -0.2) is 13.4 Å². The number of imidazole rings is 1. The van der Waals surface area contributed by atoms with E-state index < -0.39 is 9.84 Å². The third-order valence-corrected chi connectivity index (χ3v) is 5.39. The number of rotatable bonds is 1. The number of hydrogen-bond donors (Lipinski definition) is 0. The Bertz CT molecular complexity index is 693. The summed E-state index contributed by atoms with van der Waals surface area (Å²) in [5.41, 5.74) is 0.942. The van der Waals surface area contributed by atoms with Crippen molar-refractivity contribution in [3.8, 4) is 0 Å². The molecule has 0 aromatic carbocycles. The largest absolute Gasteiger partial charge is 0.302 e. The average molecular weight is 285 g/mol. The number of hydrogen-bond acceptors (Lipinski definition) is 3. The molecule has 2 aromatic heterocycles. The summed E-state index contributed by atoms with van der Waals surface area (Å²) < 4.78 is 25.3. The third-order valence-electron chi connectivity index (χ3n) is 3.35. The molecule has 4 nitrogen and oxygen atoms in total. The van der Waals surface area contributed by atoms with E-state index in [0.717, 1.165) is 17.8 Å². The zero-order valence-electron chi connectivity index (χ0n) is 9.71. The van der Waals surface area contributed by atoms with Gasteiger partial charge >= 0.3 is 0 Å². The van der Waals surface area contributed by atoms with Crippen LogP contribution < -0.4 is 0 Å². The van der Waals surface area contributed by atoms with Crippen LogP contribution in [0, 0.1) is 0 Å².